The summed E-state index contributed by atoms with van der Waals surface area (Å²) in [5.41, 5.74) is 3.93. The molecule has 2 aliphatic rings. The van der Waals surface area contributed by atoms with Gasteiger partial charge in [0, 0.05) is 25.4 Å². The van der Waals surface area contributed by atoms with E-state index in [0.29, 0.717) is 36.5 Å². The fourth-order valence-electron chi connectivity index (χ4n) is 4.25. The van der Waals surface area contributed by atoms with Gasteiger partial charge in [-0.1, -0.05) is 18.2 Å². The number of ether oxygens (including phenoxy) is 1. The van der Waals surface area contributed by atoms with Gasteiger partial charge in [-0.3, -0.25) is 14.2 Å². The average Bonchev–Trinajstić information content (AvgIpc) is 3.42. The van der Waals surface area contributed by atoms with Crippen molar-refractivity contribution in [3.8, 4) is 0 Å². The molecule has 0 bridgehead atoms. The first kappa shape index (κ1) is 19.6. The van der Waals surface area contributed by atoms with Gasteiger partial charge in [0.05, 0.1) is 5.52 Å². The van der Waals surface area contributed by atoms with Gasteiger partial charge in [-0.15, -0.1) is 0 Å². The number of aromatic nitrogens is 1. The quantitative estimate of drug-likeness (QED) is 0.698. The number of nitrogens with one attached hydrogen (secondary N) is 1. The minimum Gasteiger partial charge on any atom is -0.408 e. The van der Waals surface area contributed by atoms with Crippen molar-refractivity contribution in [1.82, 2.24) is 9.47 Å². The first-order chi connectivity index (χ1) is 15.1. The van der Waals surface area contributed by atoms with Crippen molar-refractivity contribution in [2.45, 2.75) is 38.5 Å². The third-order valence-electron chi connectivity index (χ3n) is 5.93. The van der Waals surface area contributed by atoms with Crippen LogP contribution >= 0.6 is 0 Å². The molecule has 3 aromatic rings. The zero-order valence-corrected chi connectivity index (χ0v) is 17.0. The van der Waals surface area contributed by atoms with E-state index in [1.807, 2.05) is 24.3 Å². The zero-order valence-electron chi connectivity index (χ0n) is 17.0. The van der Waals surface area contributed by atoms with E-state index in [4.69, 9.17) is 9.15 Å². The second-order valence-corrected chi connectivity index (χ2v) is 7.96. The summed E-state index contributed by atoms with van der Waals surface area (Å²) in [7, 11) is 0. The molecule has 0 aliphatic carbocycles. The number of amides is 2. The van der Waals surface area contributed by atoms with Crippen molar-refractivity contribution in [3.63, 3.8) is 0 Å². The molecule has 3 heterocycles. The van der Waals surface area contributed by atoms with Crippen LogP contribution in [-0.2, 0) is 33.8 Å². The SMILES string of the molecule is O=C(Nc1ccc2c(c1)CN(C(=O)Cn1c(=O)oc3ccccc31)CC2)[C@H]1CCCO1. The van der Waals surface area contributed by atoms with E-state index >= 15 is 0 Å². The summed E-state index contributed by atoms with van der Waals surface area (Å²) in [6.07, 6.45) is 1.97. The molecule has 0 spiro atoms. The number of para-hydroxylation sites is 2. The normalized spacial score (nSPS) is 18.2. The molecule has 8 heteroatoms. The van der Waals surface area contributed by atoms with Crippen molar-refractivity contribution in [3.05, 3.63) is 64.1 Å². The Kier molecular flexibility index (Phi) is 5.07. The second-order valence-electron chi connectivity index (χ2n) is 7.96. The van der Waals surface area contributed by atoms with E-state index in [0.717, 1.165) is 30.4 Å². The fraction of sp³-hybridized carbons (Fsp3) is 0.348. The Balaban J connectivity index is 1.30. The van der Waals surface area contributed by atoms with Crippen LogP contribution in [0, 0.1) is 0 Å². The maximum Gasteiger partial charge on any atom is 0.420 e. The molecule has 0 radical (unpaired) electrons. The lowest BCUT2D eigenvalue weighted by Crippen LogP contribution is -2.39. The van der Waals surface area contributed by atoms with Crippen molar-refractivity contribution < 1.29 is 18.7 Å². The summed E-state index contributed by atoms with van der Waals surface area (Å²) in [6, 6.07) is 12.9. The number of rotatable bonds is 4. The molecule has 31 heavy (non-hydrogen) atoms. The zero-order chi connectivity index (χ0) is 21.4. The van der Waals surface area contributed by atoms with Gasteiger partial charge in [0.2, 0.25) is 5.91 Å². The van der Waals surface area contributed by atoms with E-state index in [9.17, 15) is 14.4 Å². The molecule has 1 saturated heterocycles. The highest BCUT2D eigenvalue weighted by Gasteiger charge is 2.25. The molecule has 5 rings (SSSR count). The highest BCUT2D eigenvalue weighted by molar-refractivity contribution is 5.94. The second kappa shape index (κ2) is 8.03. The Morgan fingerprint density at radius 3 is 2.84 bits per heavy atom. The summed E-state index contributed by atoms with van der Waals surface area (Å²) in [4.78, 5) is 39.2. The lowest BCUT2D eigenvalue weighted by molar-refractivity contribution is -0.132. The third kappa shape index (κ3) is 3.86. The number of oxazole rings is 1. The van der Waals surface area contributed by atoms with E-state index in [1.165, 1.54) is 4.57 Å². The molecule has 2 amide bonds. The van der Waals surface area contributed by atoms with Gasteiger partial charge in [0.15, 0.2) is 5.58 Å². The molecule has 1 aromatic heterocycles. The molecule has 160 valence electrons. The monoisotopic (exact) mass is 421 g/mol. The number of carbonyl (C=O) groups excluding carboxylic acids is 2. The maximum absolute atomic E-state index is 12.9. The van der Waals surface area contributed by atoms with Crippen LogP contribution in [0.2, 0.25) is 0 Å². The molecule has 2 aliphatic heterocycles. The number of carbonyl (C=O) groups is 2. The Labute approximate surface area is 178 Å². The van der Waals surface area contributed by atoms with Crippen molar-refractivity contribution in [1.29, 1.82) is 0 Å². The van der Waals surface area contributed by atoms with Crippen molar-refractivity contribution in [2.75, 3.05) is 18.5 Å². The standard InChI is InChI=1S/C23H23N3O5/c27-21(14-26-18-4-1-2-5-19(18)31-23(26)29)25-10-9-15-7-8-17(12-16(15)13-25)24-22(28)20-6-3-11-30-20/h1-2,4-5,7-8,12,20H,3,6,9-11,13-14H2,(H,24,28)/t20-/m1/s1. The van der Waals surface area contributed by atoms with E-state index in [2.05, 4.69) is 5.32 Å². The van der Waals surface area contributed by atoms with Crippen LogP contribution in [0.1, 0.15) is 24.0 Å². The molecular formula is C23H23N3O5. The number of benzene rings is 2. The summed E-state index contributed by atoms with van der Waals surface area (Å²) in [5.74, 6) is -0.813. The fourth-order valence-corrected chi connectivity index (χ4v) is 4.25. The number of hydrogen-bond donors (Lipinski definition) is 1. The van der Waals surface area contributed by atoms with Gasteiger partial charge in [0.1, 0.15) is 12.6 Å². The Hall–Kier alpha value is -3.39. The molecule has 2 aromatic carbocycles. The molecule has 1 fully saturated rings. The van der Waals surface area contributed by atoms with Gasteiger partial charge in [-0.2, -0.15) is 0 Å². The third-order valence-corrected chi connectivity index (χ3v) is 5.93. The minimum atomic E-state index is -0.536. The maximum atomic E-state index is 12.9. The van der Waals surface area contributed by atoms with E-state index in [-0.39, 0.29) is 18.4 Å². The van der Waals surface area contributed by atoms with Crippen LogP contribution in [0.5, 0.6) is 0 Å². The van der Waals surface area contributed by atoms with E-state index < -0.39 is 11.9 Å². The highest BCUT2D eigenvalue weighted by Crippen LogP contribution is 2.24. The Bertz CT molecular complexity index is 1210. The predicted molar refractivity (Wildman–Crippen MR) is 114 cm³/mol. The van der Waals surface area contributed by atoms with Crippen LogP contribution in [0.4, 0.5) is 5.69 Å². The van der Waals surface area contributed by atoms with Crippen molar-refractivity contribution in [2.24, 2.45) is 0 Å². The highest BCUT2D eigenvalue weighted by atomic mass is 16.5. The number of anilines is 1. The van der Waals surface area contributed by atoms with Crippen LogP contribution < -0.4 is 11.1 Å². The Morgan fingerprint density at radius 1 is 1.13 bits per heavy atom. The average molecular weight is 421 g/mol. The van der Waals surface area contributed by atoms with Crippen LogP contribution in [-0.4, -0.2) is 40.5 Å². The smallest absolute Gasteiger partial charge is 0.408 e. The van der Waals surface area contributed by atoms with Crippen LogP contribution in [0.15, 0.2) is 51.7 Å². The molecule has 8 nitrogen and oxygen atoms in total. The summed E-state index contributed by atoms with van der Waals surface area (Å²) in [6.45, 7) is 1.56. The van der Waals surface area contributed by atoms with Gasteiger partial charge in [-0.05, 0) is 54.7 Å². The number of fused-ring (bicyclic) bond motifs is 2. The molecule has 0 unspecified atom stereocenters. The summed E-state index contributed by atoms with van der Waals surface area (Å²) in [5, 5.41) is 2.92. The van der Waals surface area contributed by atoms with E-state index in [1.54, 1.807) is 23.1 Å². The summed E-state index contributed by atoms with van der Waals surface area (Å²) < 4.78 is 12.0. The first-order valence-electron chi connectivity index (χ1n) is 10.5. The Morgan fingerprint density at radius 2 is 2.00 bits per heavy atom. The first-order valence-corrected chi connectivity index (χ1v) is 10.5. The van der Waals surface area contributed by atoms with Gasteiger partial charge in [-0.25, -0.2) is 4.79 Å². The lowest BCUT2D eigenvalue weighted by atomic mass is 9.99. The minimum absolute atomic E-state index is 0.0688. The number of hydrogen-bond acceptors (Lipinski definition) is 5. The predicted octanol–water partition coefficient (Wildman–Crippen LogP) is 2.30. The lowest BCUT2D eigenvalue weighted by Gasteiger charge is -2.29. The van der Waals surface area contributed by atoms with Crippen molar-refractivity contribution >= 4 is 28.6 Å². The van der Waals surface area contributed by atoms with Crippen LogP contribution in [0.25, 0.3) is 11.1 Å². The number of nitrogens with zero attached hydrogens (tertiary/aromatic N) is 2. The molecule has 1 N–H and O–H groups in total. The van der Waals surface area contributed by atoms with Gasteiger partial charge >= 0.3 is 5.76 Å². The topological polar surface area (TPSA) is 93.8 Å². The van der Waals surface area contributed by atoms with Gasteiger partial charge < -0.3 is 19.4 Å². The van der Waals surface area contributed by atoms with Gasteiger partial charge in [0.25, 0.3) is 5.91 Å². The molecular weight excluding hydrogens is 398 g/mol. The van der Waals surface area contributed by atoms with Crippen LogP contribution in [0.3, 0.4) is 0 Å². The largest absolute Gasteiger partial charge is 0.420 e. The molecule has 0 saturated carbocycles. The molecule has 1 atom stereocenters. The summed E-state index contributed by atoms with van der Waals surface area (Å²) >= 11 is 0.